The Morgan fingerprint density at radius 2 is 2.11 bits per heavy atom. The Labute approximate surface area is 169 Å². The summed E-state index contributed by atoms with van der Waals surface area (Å²) in [5.74, 6) is 1.28. The van der Waals surface area contributed by atoms with Crippen LogP contribution in [0.1, 0.15) is 6.92 Å². The highest BCUT2D eigenvalue weighted by molar-refractivity contribution is 6.30. The summed E-state index contributed by atoms with van der Waals surface area (Å²) < 4.78 is 19.0. The van der Waals surface area contributed by atoms with E-state index in [2.05, 4.69) is 33.6 Å². The van der Waals surface area contributed by atoms with Gasteiger partial charge in [-0.15, -0.1) is 0 Å². The summed E-state index contributed by atoms with van der Waals surface area (Å²) in [6.07, 6.45) is 2.90. The molecule has 3 heterocycles. The molecule has 2 saturated heterocycles. The summed E-state index contributed by atoms with van der Waals surface area (Å²) in [6.45, 7) is 10.5. The van der Waals surface area contributed by atoms with Gasteiger partial charge in [-0.25, -0.2) is 9.37 Å². The summed E-state index contributed by atoms with van der Waals surface area (Å²) in [5, 5.41) is 3.71. The van der Waals surface area contributed by atoms with Crippen molar-refractivity contribution in [3.05, 3.63) is 60.1 Å². The molecule has 0 amide bonds. The minimum absolute atomic E-state index is 0.297. The van der Waals surface area contributed by atoms with E-state index < -0.39 is 0 Å². The van der Waals surface area contributed by atoms with Crippen LogP contribution in [0.15, 0.2) is 49.3 Å². The first-order valence-corrected chi connectivity index (χ1v) is 9.76. The van der Waals surface area contributed by atoms with Gasteiger partial charge >= 0.3 is 0 Å². The molecule has 1 unspecified atom stereocenters. The zero-order valence-electron chi connectivity index (χ0n) is 15.9. The maximum absolute atomic E-state index is 13.0. The van der Waals surface area contributed by atoms with Gasteiger partial charge in [0.2, 0.25) is 0 Å². The minimum Gasteiger partial charge on any atom is -0.490 e. The number of nitrogens with one attached hydrogen (secondary N) is 1. The van der Waals surface area contributed by atoms with Crippen LogP contribution in [0.3, 0.4) is 0 Å². The van der Waals surface area contributed by atoms with Crippen LogP contribution in [0.4, 0.5) is 15.9 Å². The number of hydrogen-bond acceptors (Lipinski definition) is 5. The number of benzene rings is 1. The van der Waals surface area contributed by atoms with E-state index in [9.17, 15) is 4.39 Å². The van der Waals surface area contributed by atoms with E-state index in [1.54, 1.807) is 12.3 Å². The molecule has 0 radical (unpaired) electrons. The maximum Gasteiger partial charge on any atom is 0.144 e. The Bertz CT molecular complexity index is 846. The van der Waals surface area contributed by atoms with Gasteiger partial charge in [-0.3, -0.25) is 4.90 Å². The van der Waals surface area contributed by atoms with Gasteiger partial charge in [-0.1, -0.05) is 18.2 Å². The third-order valence-electron chi connectivity index (χ3n) is 5.47. The van der Waals surface area contributed by atoms with Crippen molar-refractivity contribution in [1.29, 1.82) is 0 Å². The topological polar surface area (TPSA) is 40.6 Å². The summed E-state index contributed by atoms with van der Waals surface area (Å²) in [4.78, 5) is 8.80. The molecule has 1 aromatic heterocycles. The van der Waals surface area contributed by atoms with Crippen molar-refractivity contribution in [3.8, 4) is 5.75 Å². The van der Waals surface area contributed by atoms with Crippen molar-refractivity contribution < 1.29 is 9.13 Å². The molecule has 148 valence electrons. The first-order chi connectivity index (χ1) is 13.5. The molecular weight excluding hydrogens is 379 g/mol. The molecule has 2 aliphatic heterocycles. The predicted molar refractivity (Wildman–Crippen MR) is 111 cm³/mol. The van der Waals surface area contributed by atoms with Crippen molar-refractivity contribution in [2.75, 3.05) is 43.0 Å². The SMILES string of the molecule is C=CNc1ccc(Cl)cc1OCC(C)N1CC2(CN(c3ccc(F)cn3)C2)C1. The fourth-order valence-electron chi connectivity index (χ4n) is 3.97. The lowest BCUT2D eigenvalue weighted by molar-refractivity contribution is -0.0548. The first kappa shape index (κ1) is 19.0. The third-order valence-corrected chi connectivity index (χ3v) is 5.71. The molecule has 28 heavy (non-hydrogen) atoms. The van der Waals surface area contributed by atoms with Crippen LogP contribution in [0.5, 0.6) is 5.75 Å². The molecule has 1 spiro atoms. The molecule has 2 aromatic rings. The molecule has 2 aliphatic rings. The van der Waals surface area contributed by atoms with Gasteiger partial charge in [0.05, 0.1) is 11.9 Å². The van der Waals surface area contributed by atoms with Crippen LogP contribution in [-0.2, 0) is 0 Å². The van der Waals surface area contributed by atoms with Crippen LogP contribution in [0.2, 0.25) is 5.02 Å². The normalized spacial score (nSPS) is 18.9. The third kappa shape index (κ3) is 3.80. The second-order valence-electron chi connectivity index (χ2n) is 7.74. The van der Waals surface area contributed by atoms with Gasteiger partial charge in [-0.05, 0) is 37.4 Å². The maximum atomic E-state index is 13.0. The lowest BCUT2D eigenvalue weighted by Gasteiger charge is -2.62. The molecule has 2 fully saturated rings. The fourth-order valence-corrected chi connectivity index (χ4v) is 4.13. The largest absolute Gasteiger partial charge is 0.490 e. The number of ether oxygens (including phenoxy) is 1. The fraction of sp³-hybridized carbons (Fsp3) is 0.381. The number of likely N-dealkylation sites (tertiary alicyclic amines) is 1. The van der Waals surface area contributed by atoms with Crippen LogP contribution in [0.25, 0.3) is 0 Å². The van der Waals surface area contributed by atoms with Gasteiger partial charge in [-0.2, -0.15) is 0 Å². The van der Waals surface area contributed by atoms with Crippen LogP contribution < -0.4 is 15.0 Å². The zero-order chi connectivity index (χ0) is 19.7. The van der Waals surface area contributed by atoms with E-state index in [1.807, 2.05) is 18.2 Å². The summed E-state index contributed by atoms with van der Waals surface area (Å²) in [6, 6.07) is 9.03. The van der Waals surface area contributed by atoms with Crippen molar-refractivity contribution in [3.63, 3.8) is 0 Å². The Balaban J connectivity index is 1.26. The lowest BCUT2D eigenvalue weighted by Crippen LogP contribution is -2.73. The second-order valence-corrected chi connectivity index (χ2v) is 8.18. The second kappa shape index (κ2) is 7.60. The highest BCUT2D eigenvalue weighted by atomic mass is 35.5. The summed E-state index contributed by atoms with van der Waals surface area (Å²) >= 11 is 6.10. The van der Waals surface area contributed by atoms with Gasteiger partial charge in [0.1, 0.15) is 24.0 Å². The van der Waals surface area contributed by atoms with E-state index in [-0.39, 0.29) is 5.82 Å². The lowest BCUT2D eigenvalue weighted by atomic mass is 9.72. The Morgan fingerprint density at radius 3 is 2.79 bits per heavy atom. The number of nitrogens with zero attached hydrogens (tertiary/aromatic N) is 3. The predicted octanol–water partition coefficient (Wildman–Crippen LogP) is 4.02. The minimum atomic E-state index is -0.297. The van der Waals surface area contributed by atoms with Crippen molar-refractivity contribution in [2.45, 2.75) is 13.0 Å². The standard InChI is InChI=1S/C21H24ClFN4O/c1-3-24-18-6-4-16(22)8-19(18)28-10-15(2)26-11-21(12-26)13-27(14-21)20-7-5-17(23)9-25-20/h3-9,15,24H,1,10-14H2,2H3. The molecule has 1 aromatic carbocycles. The average Bonchev–Trinajstić information content (AvgIpc) is 2.61. The molecular formula is C21H24ClFN4O. The van der Waals surface area contributed by atoms with Gasteiger partial charge in [0.15, 0.2) is 0 Å². The van der Waals surface area contributed by atoms with E-state index >= 15 is 0 Å². The Kier molecular flexibility index (Phi) is 5.17. The van der Waals surface area contributed by atoms with E-state index in [0.29, 0.717) is 23.1 Å². The molecule has 0 aliphatic carbocycles. The van der Waals surface area contributed by atoms with Gasteiger partial charge in [0, 0.05) is 48.7 Å². The number of hydrogen-bond donors (Lipinski definition) is 1. The highest BCUT2D eigenvalue weighted by Gasteiger charge is 2.52. The molecule has 7 heteroatoms. The molecule has 0 bridgehead atoms. The molecule has 1 N–H and O–H groups in total. The molecule has 0 saturated carbocycles. The molecule has 5 nitrogen and oxygen atoms in total. The monoisotopic (exact) mass is 402 g/mol. The van der Waals surface area contributed by atoms with E-state index in [1.165, 1.54) is 12.3 Å². The Morgan fingerprint density at radius 1 is 1.32 bits per heavy atom. The number of halogens is 2. The van der Waals surface area contributed by atoms with Gasteiger partial charge < -0.3 is 15.0 Å². The van der Waals surface area contributed by atoms with Gasteiger partial charge in [0.25, 0.3) is 0 Å². The van der Waals surface area contributed by atoms with Crippen molar-refractivity contribution in [1.82, 2.24) is 9.88 Å². The van der Waals surface area contributed by atoms with Crippen molar-refractivity contribution >= 4 is 23.1 Å². The summed E-state index contributed by atoms with van der Waals surface area (Å²) in [5.41, 5.74) is 1.18. The van der Waals surface area contributed by atoms with Crippen LogP contribution in [0, 0.1) is 11.2 Å². The average molecular weight is 403 g/mol. The van der Waals surface area contributed by atoms with Crippen LogP contribution >= 0.6 is 11.6 Å². The van der Waals surface area contributed by atoms with E-state index in [4.69, 9.17) is 16.3 Å². The number of pyridine rings is 1. The zero-order valence-corrected chi connectivity index (χ0v) is 16.6. The number of anilines is 2. The molecule has 1 atom stereocenters. The van der Waals surface area contributed by atoms with E-state index in [0.717, 1.165) is 43.4 Å². The number of aromatic nitrogens is 1. The number of rotatable bonds is 7. The summed E-state index contributed by atoms with van der Waals surface area (Å²) in [7, 11) is 0. The van der Waals surface area contributed by atoms with Crippen LogP contribution in [-0.4, -0.2) is 48.7 Å². The smallest absolute Gasteiger partial charge is 0.144 e. The quantitative estimate of drug-likeness (QED) is 0.757. The first-order valence-electron chi connectivity index (χ1n) is 9.38. The highest BCUT2D eigenvalue weighted by Crippen LogP contribution is 2.42. The van der Waals surface area contributed by atoms with Crippen molar-refractivity contribution in [2.24, 2.45) is 5.41 Å². The Hall–Kier alpha value is -2.31. The molecule has 4 rings (SSSR count).